The second kappa shape index (κ2) is 5.85. The molecule has 0 saturated heterocycles. The highest BCUT2D eigenvalue weighted by Gasteiger charge is 2.01. The summed E-state index contributed by atoms with van der Waals surface area (Å²) in [4.78, 5) is 4.25. The van der Waals surface area contributed by atoms with Gasteiger partial charge in [0.1, 0.15) is 0 Å². The molecule has 0 radical (unpaired) electrons. The Morgan fingerprint density at radius 2 is 2.29 bits per heavy atom. The van der Waals surface area contributed by atoms with Gasteiger partial charge in [0.25, 0.3) is 0 Å². The highest BCUT2D eigenvalue weighted by Crippen LogP contribution is 2.19. The third-order valence-corrected chi connectivity index (χ3v) is 2.75. The Bertz CT molecular complexity index is 342. The quantitative estimate of drug-likeness (QED) is 0.908. The molecule has 1 aromatic rings. The molecule has 14 heavy (non-hydrogen) atoms. The van der Waals surface area contributed by atoms with Crippen LogP contribution in [0.1, 0.15) is 5.69 Å². The van der Waals surface area contributed by atoms with E-state index in [1.807, 2.05) is 6.07 Å². The predicted molar refractivity (Wildman–Crippen MR) is 66.3 cm³/mol. The molecule has 0 unspecified atom stereocenters. The van der Waals surface area contributed by atoms with Crippen LogP contribution < -0.4 is 5.32 Å². The number of rotatable bonds is 4. The summed E-state index contributed by atoms with van der Waals surface area (Å²) < 4.78 is 1.93. The monoisotopic (exact) mass is 338 g/mol. The second-order valence-corrected chi connectivity index (χ2v) is 5.01. The minimum Gasteiger partial charge on any atom is -0.306 e. The third-order valence-electron chi connectivity index (χ3n) is 1.49. The molecule has 1 N–H and O–H groups in total. The second-order valence-electron chi connectivity index (χ2n) is 2.70. The molecule has 2 nitrogen and oxygen atoms in total. The van der Waals surface area contributed by atoms with Crippen LogP contribution in [0, 0.1) is 0 Å². The fraction of sp³-hybridized carbons (Fsp3) is 0.222. The van der Waals surface area contributed by atoms with E-state index < -0.39 is 0 Å². The van der Waals surface area contributed by atoms with Crippen molar-refractivity contribution < 1.29 is 0 Å². The lowest BCUT2D eigenvalue weighted by molar-refractivity contribution is 0.732. The van der Waals surface area contributed by atoms with Gasteiger partial charge in [0.15, 0.2) is 0 Å². The lowest BCUT2D eigenvalue weighted by Crippen LogP contribution is -2.15. The number of pyridine rings is 1. The van der Waals surface area contributed by atoms with E-state index in [1.54, 1.807) is 6.20 Å². The van der Waals surface area contributed by atoms with Crippen LogP contribution in [-0.4, -0.2) is 11.5 Å². The molecule has 1 aromatic heterocycles. The van der Waals surface area contributed by atoms with E-state index in [4.69, 9.17) is 11.6 Å². The maximum absolute atomic E-state index is 5.61. The smallest absolute Gasteiger partial charge is 0.0684 e. The number of nitrogens with zero attached hydrogens (tertiary/aromatic N) is 1. The first-order valence-corrected chi connectivity index (χ1v) is 5.90. The fourth-order valence-electron chi connectivity index (χ4n) is 0.890. The molecule has 0 aliphatic carbocycles. The number of halogens is 3. The average Bonchev–Trinajstić information content (AvgIpc) is 2.08. The van der Waals surface area contributed by atoms with E-state index in [1.165, 1.54) is 0 Å². The van der Waals surface area contributed by atoms with E-state index >= 15 is 0 Å². The molecule has 5 heteroatoms. The predicted octanol–water partition coefficient (Wildman–Crippen LogP) is 3.45. The molecule has 0 aliphatic heterocycles. The highest BCUT2D eigenvalue weighted by molar-refractivity contribution is 9.11. The van der Waals surface area contributed by atoms with Crippen LogP contribution in [0.15, 0.2) is 32.8 Å². The number of hydrogen-bond donors (Lipinski definition) is 1. The van der Waals surface area contributed by atoms with Crippen molar-refractivity contribution in [2.45, 2.75) is 6.54 Å². The first kappa shape index (κ1) is 12.2. The summed E-state index contributed by atoms with van der Waals surface area (Å²) >= 11 is 12.4. The Morgan fingerprint density at radius 1 is 1.57 bits per heavy atom. The first-order chi connectivity index (χ1) is 6.59. The molecule has 76 valence electrons. The first-order valence-electron chi connectivity index (χ1n) is 3.93. The maximum Gasteiger partial charge on any atom is 0.0684 e. The molecule has 0 amide bonds. The summed E-state index contributed by atoms with van der Waals surface area (Å²) in [5.74, 6) is 0. The fourth-order valence-corrected chi connectivity index (χ4v) is 2.11. The molecule has 0 atom stereocenters. The van der Waals surface area contributed by atoms with Gasteiger partial charge in [-0.15, -0.1) is 0 Å². The lowest BCUT2D eigenvalue weighted by Gasteiger charge is -2.05. The van der Waals surface area contributed by atoms with Crippen LogP contribution >= 0.6 is 43.5 Å². The zero-order chi connectivity index (χ0) is 10.6. The van der Waals surface area contributed by atoms with Gasteiger partial charge in [-0.05, 0) is 37.9 Å². The van der Waals surface area contributed by atoms with Crippen LogP contribution in [0.5, 0.6) is 0 Å². The molecule has 0 aromatic carbocycles. The van der Waals surface area contributed by atoms with E-state index in [2.05, 4.69) is 48.7 Å². The molecule has 1 heterocycles. The van der Waals surface area contributed by atoms with Crippen LogP contribution in [0.4, 0.5) is 0 Å². The largest absolute Gasteiger partial charge is 0.306 e. The Labute approximate surface area is 105 Å². The van der Waals surface area contributed by atoms with Crippen LogP contribution in [0.3, 0.4) is 0 Å². The van der Waals surface area contributed by atoms with E-state index in [0.717, 1.165) is 14.6 Å². The van der Waals surface area contributed by atoms with Crippen LogP contribution in [0.2, 0.25) is 0 Å². The summed E-state index contributed by atoms with van der Waals surface area (Å²) in [6.07, 6.45) is 1.76. The molecule has 0 bridgehead atoms. The molecule has 0 aliphatic rings. The number of hydrogen-bond acceptors (Lipinski definition) is 2. The van der Waals surface area contributed by atoms with Crippen molar-refractivity contribution in [2.75, 3.05) is 6.54 Å². The molecule has 1 rings (SSSR count). The van der Waals surface area contributed by atoms with Gasteiger partial charge in [-0.2, -0.15) is 0 Å². The van der Waals surface area contributed by atoms with Gasteiger partial charge in [0.05, 0.1) is 5.69 Å². The van der Waals surface area contributed by atoms with Crippen molar-refractivity contribution in [2.24, 2.45) is 0 Å². The maximum atomic E-state index is 5.61. The van der Waals surface area contributed by atoms with Gasteiger partial charge in [-0.1, -0.05) is 18.2 Å². The van der Waals surface area contributed by atoms with E-state index in [0.29, 0.717) is 18.1 Å². The highest BCUT2D eigenvalue weighted by atomic mass is 79.9. The molecular weight excluding hydrogens is 331 g/mol. The van der Waals surface area contributed by atoms with Crippen molar-refractivity contribution >= 4 is 43.5 Å². The van der Waals surface area contributed by atoms with Gasteiger partial charge in [-0.3, -0.25) is 4.98 Å². The minimum atomic E-state index is 0.589. The standard InChI is InChI=1S/C9H9Br2ClN2/c1-6(12)3-13-5-9-8(11)2-7(10)4-14-9/h2,4,13H,1,3,5H2. The Kier molecular flexibility index (Phi) is 5.09. The van der Waals surface area contributed by atoms with Crippen LogP contribution in [-0.2, 0) is 6.54 Å². The van der Waals surface area contributed by atoms with Gasteiger partial charge in [0.2, 0.25) is 0 Å². The van der Waals surface area contributed by atoms with Crippen molar-refractivity contribution in [3.8, 4) is 0 Å². The molecular formula is C9H9Br2ClN2. The van der Waals surface area contributed by atoms with Crippen molar-refractivity contribution in [1.29, 1.82) is 0 Å². The Morgan fingerprint density at radius 3 is 2.86 bits per heavy atom. The SMILES string of the molecule is C=C(Cl)CNCc1ncc(Br)cc1Br. The van der Waals surface area contributed by atoms with Crippen molar-refractivity contribution in [3.05, 3.63) is 38.5 Å². The van der Waals surface area contributed by atoms with Gasteiger partial charge in [0, 0.05) is 33.3 Å². The average molecular weight is 340 g/mol. The topological polar surface area (TPSA) is 24.9 Å². The summed E-state index contributed by atoms with van der Waals surface area (Å²) in [5.41, 5.74) is 0.950. The van der Waals surface area contributed by atoms with E-state index in [9.17, 15) is 0 Å². The third kappa shape index (κ3) is 4.09. The normalized spacial score (nSPS) is 10.2. The van der Waals surface area contributed by atoms with Gasteiger partial charge in [-0.25, -0.2) is 0 Å². The van der Waals surface area contributed by atoms with Gasteiger partial charge < -0.3 is 5.32 Å². The molecule has 0 saturated carbocycles. The number of aromatic nitrogens is 1. The molecule has 0 spiro atoms. The minimum absolute atomic E-state index is 0.589. The summed E-state index contributed by atoms with van der Waals surface area (Å²) in [6, 6.07) is 1.96. The summed E-state index contributed by atoms with van der Waals surface area (Å²) in [7, 11) is 0. The number of nitrogens with one attached hydrogen (secondary N) is 1. The summed E-state index contributed by atoms with van der Waals surface area (Å²) in [5, 5.41) is 3.72. The zero-order valence-electron chi connectivity index (χ0n) is 7.36. The summed E-state index contributed by atoms with van der Waals surface area (Å²) in [6.45, 7) is 4.84. The van der Waals surface area contributed by atoms with Gasteiger partial charge >= 0.3 is 0 Å². The van der Waals surface area contributed by atoms with Crippen LogP contribution in [0.25, 0.3) is 0 Å². The van der Waals surface area contributed by atoms with Crippen molar-refractivity contribution in [3.63, 3.8) is 0 Å². The molecule has 0 fully saturated rings. The Hall–Kier alpha value is 0.1000. The zero-order valence-corrected chi connectivity index (χ0v) is 11.3. The van der Waals surface area contributed by atoms with Crippen molar-refractivity contribution in [1.82, 2.24) is 10.3 Å². The Balaban J connectivity index is 2.55. The van der Waals surface area contributed by atoms with E-state index in [-0.39, 0.29) is 0 Å². The lowest BCUT2D eigenvalue weighted by atomic mass is 10.3.